The largest absolute Gasteiger partial charge is 0.493 e. The maximum absolute atomic E-state index is 13.6. The number of carboxylic acids is 1. The van der Waals surface area contributed by atoms with Crippen molar-refractivity contribution in [2.24, 2.45) is 0 Å². The number of carboxylic acid groups (broad SMARTS) is 1. The van der Waals surface area contributed by atoms with Crippen LogP contribution in [0.3, 0.4) is 0 Å². The zero-order valence-corrected chi connectivity index (χ0v) is 23.5. The molecule has 0 radical (unpaired) electrons. The first-order chi connectivity index (χ1) is 19.8. The summed E-state index contributed by atoms with van der Waals surface area (Å²) < 4.78 is 19.4. The molecule has 6 rings (SSSR count). The normalized spacial score (nSPS) is 14.7. The first-order valence-electron chi connectivity index (χ1n) is 14.1. The minimum Gasteiger partial charge on any atom is -0.493 e. The molecular formula is C34H34FN3O3. The highest BCUT2D eigenvalue weighted by molar-refractivity contribution is 5.94. The molecule has 0 amide bonds. The van der Waals surface area contributed by atoms with E-state index in [2.05, 4.69) is 34.1 Å². The second kappa shape index (κ2) is 11.0. The van der Waals surface area contributed by atoms with E-state index in [-0.39, 0.29) is 12.2 Å². The Kier molecular flexibility index (Phi) is 7.22. The number of hydrogen-bond donors (Lipinski definition) is 2. The number of benzene rings is 3. The molecule has 0 spiro atoms. The number of nitrogen functional groups attached to an aromatic ring is 1. The van der Waals surface area contributed by atoms with E-state index in [4.69, 9.17) is 10.5 Å². The van der Waals surface area contributed by atoms with Crippen LogP contribution in [-0.2, 0) is 37.1 Å². The third-order valence-electron chi connectivity index (χ3n) is 8.34. The molecule has 1 aromatic heterocycles. The molecule has 2 aliphatic rings. The van der Waals surface area contributed by atoms with Crippen LogP contribution in [0.4, 0.5) is 10.2 Å². The SMILES string of the molecule is Cc1cc(F)ccc1CN1CCc2cc(-c3c(N)nc(C)c(CC(=O)O)c3-c3ccc4c(c3)CCCO4)ccc2C1. The predicted octanol–water partition coefficient (Wildman–Crippen LogP) is 6.26. The summed E-state index contributed by atoms with van der Waals surface area (Å²) in [5, 5.41) is 9.80. The minimum atomic E-state index is -0.907. The summed E-state index contributed by atoms with van der Waals surface area (Å²) in [6.45, 7) is 6.95. The Bertz CT molecular complexity index is 1670. The molecule has 0 bridgehead atoms. The third kappa shape index (κ3) is 5.42. The van der Waals surface area contributed by atoms with Gasteiger partial charge in [0.2, 0.25) is 0 Å². The topological polar surface area (TPSA) is 88.7 Å². The van der Waals surface area contributed by atoms with Crippen LogP contribution in [0.1, 0.15) is 45.5 Å². The second-order valence-corrected chi connectivity index (χ2v) is 11.2. The molecule has 2 aliphatic heterocycles. The lowest BCUT2D eigenvalue weighted by molar-refractivity contribution is -0.136. The molecule has 3 heterocycles. The van der Waals surface area contributed by atoms with Crippen LogP contribution in [0, 0.1) is 19.7 Å². The minimum absolute atomic E-state index is 0.141. The van der Waals surface area contributed by atoms with Gasteiger partial charge < -0.3 is 15.6 Å². The van der Waals surface area contributed by atoms with Gasteiger partial charge in [-0.15, -0.1) is 0 Å². The molecule has 4 aromatic rings. The van der Waals surface area contributed by atoms with E-state index in [9.17, 15) is 14.3 Å². The molecule has 0 saturated heterocycles. The van der Waals surface area contributed by atoms with Crippen LogP contribution in [0.15, 0.2) is 54.6 Å². The Morgan fingerprint density at radius 1 is 1.00 bits per heavy atom. The van der Waals surface area contributed by atoms with E-state index in [0.717, 1.165) is 83.6 Å². The van der Waals surface area contributed by atoms with Crippen LogP contribution < -0.4 is 10.5 Å². The monoisotopic (exact) mass is 551 g/mol. The standard InChI is InChI=1S/C34H34FN3O3/c1-20-14-28(35)9-7-26(20)18-38-12-11-22-15-25(5-6-27(22)19-38)33-32(29(17-31(39)40)21(2)37-34(33)36)24-8-10-30-23(16-24)4-3-13-41-30/h5-10,14-16H,3-4,11-13,17-19H2,1-2H3,(H2,36,37)(H,39,40). The molecule has 7 heteroatoms. The maximum Gasteiger partial charge on any atom is 0.307 e. The molecule has 0 aliphatic carbocycles. The summed E-state index contributed by atoms with van der Waals surface area (Å²) in [7, 11) is 0. The van der Waals surface area contributed by atoms with Crippen LogP contribution in [-0.4, -0.2) is 34.1 Å². The zero-order valence-electron chi connectivity index (χ0n) is 23.5. The molecule has 210 valence electrons. The summed E-state index contributed by atoms with van der Waals surface area (Å²) in [6, 6.07) is 17.5. The molecule has 0 saturated carbocycles. The molecule has 3 N–H and O–H groups in total. The quantitative estimate of drug-likeness (QED) is 0.294. The molecule has 6 nitrogen and oxygen atoms in total. The predicted molar refractivity (Wildman–Crippen MR) is 158 cm³/mol. The summed E-state index contributed by atoms with van der Waals surface area (Å²) in [5.74, 6) is 0.163. The first kappa shape index (κ1) is 27.0. The Morgan fingerprint density at radius 2 is 1.78 bits per heavy atom. The van der Waals surface area contributed by atoms with Gasteiger partial charge in [0.15, 0.2) is 0 Å². The van der Waals surface area contributed by atoms with Crippen molar-refractivity contribution in [2.45, 2.75) is 52.6 Å². The Hall–Kier alpha value is -4.23. The van der Waals surface area contributed by atoms with Gasteiger partial charge in [-0.3, -0.25) is 9.69 Å². The number of anilines is 1. The third-order valence-corrected chi connectivity index (χ3v) is 8.34. The fourth-order valence-corrected chi connectivity index (χ4v) is 6.24. The van der Waals surface area contributed by atoms with Gasteiger partial charge in [-0.1, -0.05) is 30.3 Å². The molecule has 0 atom stereocenters. The average Bonchev–Trinajstić information content (AvgIpc) is 2.95. The van der Waals surface area contributed by atoms with Gasteiger partial charge in [0.05, 0.1) is 13.0 Å². The van der Waals surface area contributed by atoms with E-state index in [1.54, 1.807) is 6.07 Å². The number of aromatic nitrogens is 1. The summed E-state index contributed by atoms with van der Waals surface area (Å²) >= 11 is 0. The molecule has 0 fully saturated rings. The number of hydrogen-bond acceptors (Lipinski definition) is 5. The molecule has 3 aromatic carbocycles. The highest BCUT2D eigenvalue weighted by atomic mass is 19.1. The molecule has 0 unspecified atom stereocenters. The zero-order chi connectivity index (χ0) is 28.7. The lowest BCUT2D eigenvalue weighted by Crippen LogP contribution is -2.30. The lowest BCUT2D eigenvalue weighted by atomic mass is 9.86. The van der Waals surface area contributed by atoms with Crippen molar-refractivity contribution in [1.29, 1.82) is 0 Å². The molecule has 41 heavy (non-hydrogen) atoms. The van der Waals surface area contributed by atoms with Gasteiger partial charge in [-0.2, -0.15) is 0 Å². The van der Waals surface area contributed by atoms with Crippen LogP contribution in [0.2, 0.25) is 0 Å². The van der Waals surface area contributed by atoms with E-state index < -0.39 is 5.97 Å². The van der Waals surface area contributed by atoms with E-state index in [1.165, 1.54) is 17.2 Å². The van der Waals surface area contributed by atoms with E-state index in [0.29, 0.717) is 23.7 Å². The number of rotatable bonds is 6. The Balaban J connectivity index is 1.39. The summed E-state index contributed by atoms with van der Waals surface area (Å²) in [6.07, 6.45) is 2.60. The number of pyridine rings is 1. The van der Waals surface area contributed by atoms with Crippen LogP contribution in [0.25, 0.3) is 22.3 Å². The van der Waals surface area contributed by atoms with Crippen molar-refractivity contribution in [3.05, 3.63) is 99.5 Å². The summed E-state index contributed by atoms with van der Waals surface area (Å²) in [5.41, 5.74) is 17.1. The highest BCUT2D eigenvalue weighted by Gasteiger charge is 2.24. The number of ether oxygens (including phenoxy) is 1. The van der Waals surface area contributed by atoms with Gasteiger partial charge in [-0.05, 0) is 107 Å². The van der Waals surface area contributed by atoms with E-state index in [1.807, 2.05) is 32.0 Å². The fraction of sp³-hybridized carbons (Fsp3) is 0.294. The summed E-state index contributed by atoms with van der Waals surface area (Å²) in [4.78, 5) is 19.0. The van der Waals surface area contributed by atoms with Crippen molar-refractivity contribution in [1.82, 2.24) is 9.88 Å². The number of nitrogens with zero attached hydrogens (tertiary/aromatic N) is 2. The van der Waals surface area contributed by atoms with Crippen molar-refractivity contribution in [2.75, 3.05) is 18.9 Å². The van der Waals surface area contributed by atoms with Gasteiger partial charge in [0, 0.05) is 30.9 Å². The number of fused-ring (bicyclic) bond motifs is 2. The first-order valence-corrected chi connectivity index (χ1v) is 14.1. The van der Waals surface area contributed by atoms with Crippen LogP contribution >= 0.6 is 0 Å². The molecular weight excluding hydrogens is 517 g/mol. The second-order valence-electron chi connectivity index (χ2n) is 11.2. The number of aliphatic carboxylic acids is 1. The van der Waals surface area contributed by atoms with Gasteiger partial charge in [0.25, 0.3) is 0 Å². The number of nitrogens with two attached hydrogens (primary N) is 1. The Morgan fingerprint density at radius 3 is 2.59 bits per heavy atom. The average molecular weight is 552 g/mol. The van der Waals surface area contributed by atoms with Gasteiger partial charge in [-0.25, -0.2) is 9.37 Å². The maximum atomic E-state index is 13.6. The van der Waals surface area contributed by atoms with Crippen molar-refractivity contribution in [3.8, 4) is 28.0 Å². The van der Waals surface area contributed by atoms with Crippen LogP contribution in [0.5, 0.6) is 5.75 Å². The number of halogens is 1. The number of carbonyl (C=O) groups is 1. The van der Waals surface area contributed by atoms with Gasteiger partial charge in [0.1, 0.15) is 17.4 Å². The van der Waals surface area contributed by atoms with Gasteiger partial charge >= 0.3 is 5.97 Å². The lowest BCUT2D eigenvalue weighted by Gasteiger charge is -2.30. The fourth-order valence-electron chi connectivity index (χ4n) is 6.24. The smallest absolute Gasteiger partial charge is 0.307 e. The van der Waals surface area contributed by atoms with Crippen molar-refractivity contribution >= 4 is 11.8 Å². The van der Waals surface area contributed by atoms with Crippen molar-refractivity contribution in [3.63, 3.8) is 0 Å². The van der Waals surface area contributed by atoms with Crippen molar-refractivity contribution < 1.29 is 19.0 Å². The van der Waals surface area contributed by atoms with E-state index >= 15 is 0 Å². The number of aryl methyl sites for hydroxylation is 3. The Labute approximate surface area is 239 Å². The highest BCUT2D eigenvalue weighted by Crippen LogP contribution is 2.42.